The molecule has 0 bridgehead atoms. The maximum absolute atomic E-state index is 12.6. The second-order valence-electron chi connectivity index (χ2n) is 17.5. The summed E-state index contributed by atoms with van der Waals surface area (Å²) in [4.78, 5) is 35.4. The zero-order valence-corrected chi connectivity index (χ0v) is 39.4. The zero-order chi connectivity index (χ0) is 42.8. The molecule has 0 radical (unpaired) electrons. The Labute approximate surface area is 358 Å². The molecule has 342 valence electrons. The number of allylic oxidation sites excluding steroid dienone is 4. The van der Waals surface area contributed by atoms with Crippen molar-refractivity contribution < 1.29 is 42.1 Å². The van der Waals surface area contributed by atoms with E-state index in [0.29, 0.717) is 17.4 Å². The molecule has 0 heterocycles. The quantitative estimate of drug-likeness (QED) is 0.0212. The molecule has 1 N–H and O–H groups in total. The van der Waals surface area contributed by atoms with E-state index < -0.39 is 26.5 Å². The summed E-state index contributed by atoms with van der Waals surface area (Å²) in [6.45, 7) is 4.38. The molecule has 10 heteroatoms. The number of carbonyl (C=O) groups is 2. The number of ether oxygens (including phenoxy) is 2. The van der Waals surface area contributed by atoms with Crippen LogP contribution in [0.15, 0.2) is 24.3 Å². The molecule has 0 aliphatic carbocycles. The van der Waals surface area contributed by atoms with E-state index in [1.54, 1.807) is 0 Å². The minimum Gasteiger partial charge on any atom is -0.462 e. The first-order chi connectivity index (χ1) is 28.0. The van der Waals surface area contributed by atoms with Gasteiger partial charge in [0.05, 0.1) is 27.7 Å². The van der Waals surface area contributed by atoms with Crippen molar-refractivity contribution in [2.45, 2.75) is 225 Å². The Morgan fingerprint density at radius 1 is 0.534 bits per heavy atom. The lowest BCUT2D eigenvalue weighted by Gasteiger charge is -2.24. The summed E-state index contributed by atoms with van der Waals surface area (Å²) in [6.07, 6.45) is 45.4. The van der Waals surface area contributed by atoms with Gasteiger partial charge in [-0.05, 0) is 32.1 Å². The number of unbranched alkanes of at least 4 members (excludes halogenated alkanes) is 26. The van der Waals surface area contributed by atoms with Crippen molar-refractivity contribution in [3.05, 3.63) is 24.3 Å². The summed E-state index contributed by atoms with van der Waals surface area (Å²) in [6, 6.07) is 0. The van der Waals surface area contributed by atoms with Crippen molar-refractivity contribution in [3.63, 3.8) is 0 Å². The lowest BCUT2D eigenvalue weighted by molar-refractivity contribution is -0.870. The van der Waals surface area contributed by atoms with E-state index in [-0.39, 0.29) is 32.0 Å². The van der Waals surface area contributed by atoms with Crippen LogP contribution in [0.25, 0.3) is 0 Å². The second kappa shape index (κ2) is 40.9. The van der Waals surface area contributed by atoms with Gasteiger partial charge in [0, 0.05) is 12.8 Å². The Hall–Kier alpha value is -1.51. The first-order valence-electron chi connectivity index (χ1n) is 24.1. The molecule has 0 aromatic rings. The molecule has 0 fully saturated rings. The molecule has 0 aromatic carbocycles. The summed E-state index contributed by atoms with van der Waals surface area (Å²) < 4.78 is 34.3. The Bertz CT molecular complexity index is 1040. The molecular weight excluding hydrogens is 750 g/mol. The van der Waals surface area contributed by atoms with E-state index >= 15 is 0 Å². The van der Waals surface area contributed by atoms with E-state index in [0.717, 1.165) is 32.1 Å². The lowest BCUT2D eigenvalue weighted by atomic mass is 10.0. The average molecular weight is 843 g/mol. The zero-order valence-electron chi connectivity index (χ0n) is 38.5. The minimum atomic E-state index is -4.39. The van der Waals surface area contributed by atoms with Crippen molar-refractivity contribution in [2.75, 3.05) is 47.5 Å². The van der Waals surface area contributed by atoms with Crippen molar-refractivity contribution in [2.24, 2.45) is 0 Å². The molecule has 0 saturated heterocycles. The van der Waals surface area contributed by atoms with Gasteiger partial charge < -0.3 is 18.9 Å². The van der Waals surface area contributed by atoms with Crippen LogP contribution in [0.1, 0.15) is 219 Å². The molecule has 0 saturated carbocycles. The molecule has 0 aliphatic heterocycles. The normalized spacial score (nSPS) is 13.7. The molecule has 9 nitrogen and oxygen atoms in total. The minimum absolute atomic E-state index is 0.0246. The molecule has 2 unspecified atom stereocenters. The van der Waals surface area contributed by atoms with Crippen LogP contribution >= 0.6 is 7.82 Å². The standard InChI is InChI=1S/C48H92NO8P/c1-6-8-10-12-14-16-18-20-21-22-23-24-25-26-27-29-30-32-34-36-38-40-47(50)54-44-46(45-56-58(52,53)55-43-42-49(3,4)5)57-48(51)41-39-37-35-33-31-28-19-17-15-13-11-9-7-2/h28,31,35,37,46H,6-27,29-30,32-34,36,38-45H2,1-5H3/p+1/b31-28+,37-35+. The van der Waals surface area contributed by atoms with Gasteiger partial charge in [0.2, 0.25) is 0 Å². The fraction of sp³-hybridized carbons (Fsp3) is 0.875. The Morgan fingerprint density at radius 2 is 0.966 bits per heavy atom. The number of phosphoric acid groups is 1. The molecule has 0 aliphatic rings. The topological polar surface area (TPSA) is 108 Å². The van der Waals surface area contributed by atoms with Gasteiger partial charge >= 0.3 is 19.8 Å². The number of quaternary nitrogens is 1. The molecule has 0 spiro atoms. The monoisotopic (exact) mass is 843 g/mol. The van der Waals surface area contributed by atoms with Gasteiger partial charge in [0.25, 0.3) is 0 Å². The Balaban J connectivity index is 4.25. The van der Waals surface area contributed by atoms with E-state index in [9.17, 15) is 19.0 Å². The Morgan fingerprint density at radius 3 is 1.43 bits per heavy atom. The van der Waals surface area contributed by atoms with Crippen LogP contribution in [0.2, 0.25) is 0 Å². The van der Waals surface area contributed by atoms with Crippen LogP contribution in [0.4, 0.5) is 0 Å². The average Bonchev–Trinajstić information content (AvgIpc) is 3.17. The Kier molecular flexibility index (Phi) is 39.8. The highest BCUT2D eigenvalue weighted by Crippen LogP contribution is 2.43. The number of rotatable bonds is 44. The molecule has 2 atom stereocenters. The van der Waals surface area contributed by atoms with Gasteiger partial charge in [-0.1, -0.05) is 199 Å². The van der Waals surface area contributed by atoms with Crippen LogP contribution in [0, 0.1) is 0 Å². The summed E-state index contributed by atoms with van der Waals surface area (Å²) in [5.41, 5.74) is 0. The summed E-state index contributed by atoms with van der Waals surface area (Å²) in [5, 5.41) is 0. The highest BCUT2D eigenvalue weighted by atomic mass is 31.2. The third kappa shape index (κ3) is 44.1. The van der Waals surface area contributed by atoms with Crippen LogP contribution in [0.3, 0.4) is 0 Å². The van der Waals surface area contributed by atoms with Gasteiger partial charge in [-0.15, -0.1) is 0 Å². The van der Waals surface area contributed by atoms with Gasteiger partial charge in [0.1, 0.15) is 19.8 Å². The molecular formula is C48H93NO8P+. The molecule has 0 aromatic heterocycles. The predicted molar refractivity (Wildman–Crippen MR) is 243 cm³/mol. The van der Waals surface area contributed by atoms with Crippen molar-refractivity contribution in [1.29, 1.82) is 0 Å². The first-order valence-corrected chi connectivity index (χ1v) is 25.6. The smallest absolute Gasteiger partial charge is 0.462 e. The fourth-order valence-corrected chi connectivity index (χ4v) is 7.46. The van der Waals surface area contributed by atoms with Crippen LogP contribution in [-0.4, -0.2) is 74.9 Å². The largest absolute Gasteiger partial charge is 0.472 e. The number of likely N-dealkylation sites (N-methyl/N-ethyl adjacent to an activating group) is 1. The van der Waals surface area contributed by atoms with Gasteiger partial charge in [0.15, 0.2) is 6.10 Å². The summed E-state index contributed by atoms with van der Waals surface area (Å²) in [5.74, 6) is -0.867. The van der Waals surface area contributed by atoms with E-state index in [1.165, 1.54) is 154 Å². The predicted octanol–water partition coefficient (Wildman–Crippen LogP) is 13.9. The van der Waals surface area contributed by atoms with Crippen molar-refractivity contribution in [3.8, 4) is 0 Å². The highest BCUT2D eigenvalue weighted by molar-refractivity contribution is 7.47. The van der Waals surface area contributed by atoms with Crippen molar-refractivity contribution in [1.82, 2.24) is 0 Å². The third-order valence-corrected chi connectivity index (χ3v) is 11.5. The molecule has 0 rings (SSSR count). The second-order valence-corrected chi connectivity index (χ2v) is 19.0. The summed E-state index contributed by atoms with van der Waals surface area (Å²) in [7, 11) is 1.45. The van der Waals surface area contributed by atoms with Gasteiger partial charge in [-0.25, -0.2) is 4.57 Å². The number of phosphoric ester groups is 1. The SMILES string of the molecule is CCCCCCCC/C=C/C/C=C/CCC(=O)OC(COC(=O)CCCCCCCCCCCCCCCCCCCCCCC)COP(=O)(O)OCC[N+](C)(C)C. The maximum Gasteiger partial charge on any atom is 0.472 e. The number of hydrogen-bond acceptors (Lipinski definition) is 7. The number of nitrogens with zero attached hydrogens (tertiary/aromatic N) is 1. The van der Waals surface area contributed by atoms with Crippen molar-refractivity contribution >= 4 is 19.8 Å². The van der Waals surface area contributed by atoms with E-state index in [1.807, 2.05) is 33.3 Å². The highest BCUT2D eigenvalue weighted by Gasteiger charge is 2.27. The van der Waals surface area contributed by atoms with E-state index in [2.05, 4.69) is 26.0 Å². The maximum atomic E-state index is 12.6. The van der Waals surface area contributed by atoms with Gasteiger partial charge in [-0.2, -0.15) is 0 Å². The fourth-order valence-electron chi connectivity index (χ4n) is 6.72. The van der Waals surface area contributed by atoms with Gasteiger partial charge in [-0.3, -0.25) is 18.6 Å². The number of carbonyl (C=O) groups excluding carboxylic acids is 2. The summed E-state index contributed by atoms with van der Waals surface area (Å²) >= 11 is 0. The van der Waals surface area contributed by atoms with Crippen LogP contribution in [0.5, 0.6) is 0 Å². The van der Waals surface area contributed by atoms with E-state index in [4.69, 9.17) is 18.5 Å². The number of hydrogen-bond donors (Lipinski definition) is 1. The first kappa shape index (κ1) is 56.5. The lowest BCUT2D eigenvalue weighted by Crippen LogP contribution is -2.37. The van der Waals surface area contributed by atoms with Crippen LogP contribution in [-0.2, 0) is 32.7 Å². The molecule has 58 heavy (non-hydrogen) atoms. The third-order valence-electron chi connectivity index (χ3n) is 10.5. The molecule has 0 amide bonds. The number of esters is 2. The van der Waals surface area contributed by atoms with Crippen LogP contribution < -0.4 is 0 Å².